The number of carboxylic acid groups (broad SMARTS) is 1. The van der Waals surface area contributed by atoms with E-state index in [-0.39, 0.29) is 36.5 Å². The molecule has 1 aliphatic heterocycles. The zero-order chi connectivity index (χ0) is 16.7. The average Bonchev–Trinajstić information content (AvgIpc) is 3.06. The molecule has 1 saturated heterocycles. The Balaban J connectivity index is 1.77. The molecule has 0 unspecified atom stereocenters. The van der Waals surface area contributed by atoms with Crippen LogP contribution in [-0.4, -0.2) is 50.0 Å². The Kier molecular flexibility index (Phi) is 6.37. The molecular weight excluding hydrogens is 302 g/mol. The minimum Gasteiger partial charge on any atom is -0.496 e. The van der Waals surface area contributed by atoms with E-state index in [1.807, 2.05) is 0 Å². The van der Waals surface area contributed by atoms with Crippen molar-refractivity contribution in [2.45, 2.75) is 25.5 Å². The van der Waals surface area contributed by atoms with Crippen molar-refractivity contribution in [2.24, 2.45) is 0 Å². The van der Waals surface area contributed by atoms with E-state index in [9.17, 15) is 9.59 Å². The van der Waals surface area contributed by atoms with E-state index in [0.29, 0.717) is 12.2 Å². The number of aromatic carboxylic acids is 1. The molecule has 0 saturated carbocycles. The van der Waals surface area contributed by atoms with E-state index >= 15 is 0 Å². The summed E-state index contributed by atoms with van der Waals surface area (Å²) in [5, 5.41) is 11.8. The van der Waals surface area contributed by atoms with Gasteiger partial charge in [-0.05, 0) is 30.5 Å². The fourth-order valence-electron chi connectivity index (χ4n) is 2.34. The van der Waals surface area contributed by atoms with Gasteiger partial charge in [0.15, 0.2) is 0 Å². The molecule has 1 aromatic carbocycles. The van der Waals surface area contributed by atoms with Gasteiger partial charge < -0.3 is 24.6 Å². The lowest BCUT2D eigenvalue weighted by Crippen LogP contribution is -2.28. The Hall–Kier alpha value is -2.12. The maximum atomic E-state index is 11.7. The molecule has 0 aromatic heterocycles. The summed E-state index contributed by atoms with van der Waals surface area (Å²) in [6.07, 6.45) is 2.08. The van der Waals surface area contributed by atoms with E-state index in [4.69, 9.17) is 19.3 Å². The number of methoxy groups -OCH3 is 1. The zero-order valence-electron chi connectivity index (χ0n) is 13.0. The highest BCUT2D eigenvalue weighted by Crippen LogP contribution is 2.19. The fourth-order valence-corrected chi connectivity index (χ4v) is 2.34. The fraction of sp³-hybridized carbons (Fsp3) is 0.500. The van der Waals surface area contributed by atoms with Crippen LogP contribution < -0.4 is 10.1 Å². The molecular formula is C16H21NO6. The van der Waals surface area contributed by atoms with Crippen molar-refractivity contribution in [3.8, 4) is 5.75 Å². The Morgan fingerprint density at radius 3 is 2.91 bits per heavy atom. The summed E-state index contributed by atoms with van der Waals surface area (Å²) in [5.74, 6) is -1.04. The summed E-state index contributed by atoms with van der Waals surface area (Å²) in [6, 6.07) is 4.76. The van der Waals surface area contributed by atoms with Gasteiger partial charge in [-0.2, -0.15) is 0 Å². The number of rotatable bonds is 8. The molecule has 1 fully saturated rings. The van der Waals surface area contributed by atoms with Crippen molar-refractivity contribution >= 4 is 11.9 Å². The molecule has 1 heterocycles. The van der Waals surface area contributed by atoms with Crippen molar-refractivity contribution in [1.82, 2.24) is 5.32 Å². The first-order valence-electron chi connectivity index (χ1n) is 7.46. The van der Waals surface area contributed by atoms with Crippen LogP contribution in [0.5, 0.6) is 5.75 Å². The zero-order valence-corrected chi connectivity index (χ0v) is 13.0. The number of carbonyl (C=O) groups excluding carboxylic acids is 1. The predicted octanol–water partition coefficient (Wildman–Crippen LogP) is 1.21. The predicted molar refractivity (Wildman–Crippen MR) is 81.6 cm³/mol. The van der Waals surface area contributed by atoms with Crippen molar-refractivity contribution in [2.75, 3.05) is 26.9 Å². The van der Waals surface area contributed by atoms with Crippen molar-refractivity contribution in [3.63, 3.8) is 0 Å². The molecule has 0 aliphatic carbocycles. The van der Waals surface area contributed by atoms with Crippen LogP contribution in [0.4, 0.5) is 0 Å². The second-order valence-electron chi connectivity index (χ2n) is 5.27. The number of ether oxygens (including phenoxy) is 3. The summed E-state index contributed by atoms with van der Waals surface area (Å²) in [4.78, 5) is 22.9. The van der Waals surface area contributed by atoms with Gasteiger partial charge in [-0.1, -0.05) is 6.07 Å². The third-order valence-corrected chi connectivity index (χ3v) is 3.54. The van der Waals surface area contributed by atoms with Crippen LogP contribution >= 0.6 is 0 Å². The smallest absolute Gasteiger partial charge is 0.339 e. The Morgan fingerprint density at radius 1 is 1.43 bits per heavy atom. The minimum absolute atomic E-state index is 0.0399. The van der Waals surface area contributed by atoms with Gasteiger partial charge in [0.25, 0.3) is 0 Å². The van der Waals surface area contributed by atoms with Crippen molar-refractivity contribution < 1.29 is 28.9 Å². The maximum absolute atomic E-state index is 11.7. The van der Waals surface area contributed by atoms with E-state index in [2.05, 4.69) is 5.32 Å². The summed E-state index contributed by atoms with van der Waals surface area (Å²) >= 11 is 0. The third kappa shape index (κ3) is 5.22. The standard InChI is InChI=1S/C16H21NO6/c1-21-14-5-4-11(7-13(14)16(19)20)8-17-15(18)10-22-9-12-3-2-6-23-12/h4-5,7,12H,2-3,6,8-10H2,1H3,(H,17,18)(H,19,20)/t12-/m1/s1. The van der Waals surface area contributed by atoms with Gasteiger partial charge in [0.2, 0.25) is 5.91 Å². The number of hydrogen-bond donors (Lipinski definition) is 2. The minimum atomic E-state index is -1.07. The van der Waals surface area contributed by atoms with Gasteiger partial charge in [-0.3, -0.25) is 4.79 Å². The first-order valence-corrected chi connectivity index (χ1v) is 7.46. The first-order chi connectivity index (χ1) is 11.1. The number of nitrogens with one attached hydrogen (secondary N) is 1. The molecule has 7 nitrogen and oxygen atoms in total. The molecule has 0 bridgehead atoms. The molecule has 2 N–H and O–H groups in total. The maximum Gasteiger partial charge on any atom is 0.339 e. The van der Waals surface area contributed by atoms with Crippen LogP contribution in [0.25, 0.3) is 0 Å². The normalized spacial score (nSPS) is 17.0. The topological polar surface area (TPSA) is 94.1 Å². The van der Waals surface area contributed by atoms with Gasteiger partial charge in [0.05, 0.1) is 19.8 Å². The molecule has 7 heteroatoms. The Morgan fingerprint density at radius 2 is 2.26 bits per heavy atom. The van der Waals surface area contributed by atoms with Gasteiger partial charge in [0.1, 0.15) is 17.9 Å². The summed E-state index contributed by atoms with van der Waals surface area (Å²) in [5.41, 5.74) is 0.740. The van der Waals surface area contributed by atoms with E-state index in [1.54, 1.807) is 12.1 Å². The SMILES string of the molecule is COc1ccc(CNC(=O)COC[C@H]2CCCO2)cc1C(=O)O. The molecule has 23 heavy (non-hydrogen) atoms. The highest BCUT2D eigenvalue weighted by Gasteiger charge is 2.16. The first kappa shape index (κ1) is 17.2. The van der Waals surface area contributed by atoms with E-state index in [0.717, 1.165) is 19.4 Å². The summed E-state index contributed by atoms with van der Waals surface area (Å²) in [7, 11) is 1.41. The van der Waals surface area contributed by atoms with Gasteiger partial charge in [-0.25, -0.2) is 4.79 Å². The lowest BCUT2D eigenvalue weighted by molar-refractivity contribution is -0.127. The monoisotopic (exact) mass is 323 g/mol. The molecule has 0 spiro atoms. The largest absolute Gasteiger partial charge is 0.496 e. The molecule has 126 valence electrons. The lowest BCUT2D eigenvalue weighted by Gasteiger charge is -2.11. The van der Waals surface area contributed by atoms with E-state index in [1.165, 1.54) is 13.2 Å². The molecule has 1 aromatic rings. The van der Waals surface area contributed by atoms with Crippen LogP contribution in [0, 0.1) is 0 Å². The number of hydrogen-bond acceptors (Lipinski definition) is 5. The molecule has 0 radical (unpaired) electrons. The van der Waals surface area contributed by atoms with Crippen LogP contribution in [0.15, 0.2) is 18.2 Å². The van der Waals surface area contributed by atoms with Gasteiger partial charge in [-0.15, -0.1) is 0 Å². The second kappa shape index (κ2) is 8.50. The molecule has 1 atom stereocenters. The lowest BCUT2D eigenvalue weighted by atomic mass is 10.1. The van der Waals surface area contributed by atoms with Crippen LogP contribution in [0.2, 0.25) is 0 Å². The third-order valence-electron chi connectivity index (χ3n) is 3.54. The van der Waals surface area contributed by atoms with Crippen molar-refractivity contribution in [1.29, 1.82) is 0 Å². The highest BCUT2D eigenvalue weighted by atomic mass is 16.5. The van der Waals surface area contributed by atoms with Crippen LogP contribution in [0.1, 0.15) is 28.8 Å². The highest BCUT2D eigenvalue weighted by molar-refractivity contribution is 5.91. The number of benzene rings is 1. The van der Waals surface area contributed by atoms with Crippen LogP contribution in [-0.2, 0) is 20.8 Å². The molecule has 1 amide bonds. The second-order valence-corrected chi connectivity index (χ2v) is 5.27. The molecule has 1 aliphatic rings. The summed E-state index contributed by atoms with van der Waals surface area (Å²) < 4.78 is 15.7. The summed E-state index contributed by atoms with van der Waals surface area (Å²) in [6.45, 7) is 1.36. The van der Waals surface area contributed by atoms with E-state index < -0.39 is 5.97 Å². The number of carbonyl (C=O) groups is 2. The van der Waals surface area contributed by atoms with Gasteiger partial charge in [0, 0.05) is 13.2 Å². The van der Waals surface area contributed by atoms with Gasteiger partial charge >= 0.3 is 5.97 Å². The Labute approximate surface area is 134 Å². The number of amides is 1. The van der Waals surface area contributed by atoms with Crippen molar-refractivity contribution in [3.05, 3.63) is 29.3 Å². The Bertz CT molecular complexity index is 554. The number of carboxylic acids is 1. The quantitative estimate of drug-likeness (QED) is 0.747. The van der Waals surface area contributed by atoms with Crippen LogP contribution in [0.3, 0.4) is 0 Å². The average molecular weight is 323 g/mol. The molecule has 2 rings (SSSR count).